The zero-order valence-corrected chi connectivity index (χ0v) is 15.9. The minimum atomic E-state index is -1.000. The summed E-state index contributed by atoms with van der Waals surface area (Å²) in [5, 5.41) is 14.9. The van der Waals surface area contributed by atoms with Crippen LogP contribution in [0.4, 0.5) is 5.69 Å². The second-order valence-electron chi connectivity index (χ2n) is 6.78. The number of carboxylic acid groups (broad SMARTS) is 1. The lowest BCUT2D eigenvalue weighted by atomic mass is 10.1. The number of hydrogen-bond acceptors (Lipinski definition) is 4. The zero-order chi connectivity index (χ0) is 20.5. The number of hydrogen-bond donors (Lipinski definition) is 1. The van der Waals surface area contributed by atoms with Crippen molar-refractivity contribution >= 4 is 29.4 Å². The van der Waals surface area contributed by atoms with Gasteiger partial charge in [-0.2, -0.15) is 10.1 Å². The van der Waals surface area contributed by atoms with Crippen LogP contribution in [0.3, 0.4) is 0 Å². The van der Waals surface area contributed by atoms with Crippen molar-refractivity contribution < 1.29 is 19.1 Å². The molecular weight excluding hydrogens is 368 g/mol. The van der Waals surface area contributed by atoms with E-state index in [1.165, 1.54) is 11.1 Å². The van der Waals surface area contributed by atoms with Gasteiger partial charge in [0.15, 0.2) is 0 Å². The van der Waals surface area contributed by atoms with E-state index in [-0.39, 0.29) is 11.5 Å². The van der Waals surface area contributed by atoms with Gasteiger partial charge in [-0.15, -0.1) is 0 Å². The van der Waals surface area contributed by atoms with E-state index in [0.29, 0.717) is 34.1 Å². The highest BCUT2D eigenvalue weighted by molar-refractivity contribution is 6.32. The molecular formula is C23H18N2O4. The molecule has 2 aromatic carbocycles. The molecule has 0 atom stereocenters. The number of nitrogens with zero attached hydrogens (tertiary/aromatic N) is 2. The van der Waals surface area contributed by atoms with Gasteiger partial charge in [-0.05, 0) is 56.3 Å². The molecule has 29 heavy (non-hydrogen) atoms. The Morgan fingerprint density at radius 1 is 1.07 bits per heavy atom. The van der Waals surface area contributed by atoms with Crippen LogP contribution in [0.1, 0.15) is 28.6 Å². The molecule has 1 N–H and O–H groups in total. The number of rotatable bonds is 4. The largest absolute Gasteiger partial charge is 0.478 e. The molecule has 0 unspecified atom stereocenters. The van der Waals surface area contributed by atoms with Crippen molar-refractivity contribution in [2.24, 2.45) is 5.10 Å². The van der Waals surface area contributed by atoms with E-state index in [2.05, 4.69) is 5.10 Å². The number of furan rings is 1. The standard InChI is InChI=1S/C23H18N2O4/c1-14-6-8-18(9-7-14)25-22(26)20(15(2)24-25)13-19-10-11-21(29-19)16-4-3-5-17(12-16)23(27)28/h3-13H,1-2H3,(H,27,28)/b20-13-. The molecule has 0 spiro atoms. The summed E-state index contributed by atoms with van der Waals surface area (Å²) < 4.78 is 5.82. The van der Waals surface area contributed by atoms with Gasteiger partial charge in [0.1, 0.15) is 11.5 Å². The summed E-state index contributed by atoms with van der Waals surface area (Å²) in [4.78, 5) is 24.0. The van der Waals surface area contributed by atoms with Crippen LogP contribution in [-0.2, 0) is 4.79 Å². The van der Waals surface area contributed by atoms with E-state index in [4.69, 9.17) is 9.52 Å². The quantitative estimate of drug-likeness (QED) is 0.656. The van der Waals surface area contributed by atoms with Crippen LogP contribution in [0.5, 0.6) is 0 Å². The Kier molecular flexibility index (Phi) is 4.60. The first-order valence-corrected chi connectivity index (χ1v) is 9.04. The Bertz CT molecular complexity index is 1170. The Balaban J connectivity index is 1.61. The molecule has 1 aliphatic rings. The molecule has 1 aromatic heterocycles. The third-order valence-corrected chi connectivity index (χ3v) is 4.65. The zero-order valence-electron chi connectivity index (χ0n) is 15.9. The number of carbonyl (C=O) groups is 2. The fourth-order valence-corrected chi connectivity index (χ4v) is 3.08. The lowest BCUT2D eigenvalue weighted by Crippen LogP contribution is -2.21. The van der Waals surface area contributed by atoms with Gasteiger partial charge in [-0.25, -0.2) is 4.79 Å². The van der Waals surface area contributed by atoms with E-state index in [0.717, 1.165) is 5.56 Å². The first-order chi connectivity index (χ1) is 13.9. The molecule has 2 heterocycles. The monoisotopic (exact) mass is 386 g/mol. The lowest BCUT2D eigenvalue weighted by molar-refractivity contribution is -0.114. The van der Waals surface area contributed by atoms with Crippen molar-refractivity contribution in [2.45, 2.75) is 13.8 Å². The van der Waals surface area contributed by atoms with Gasteiger partial charge in [0.05, 0.1) is 22.5 Å². The number of anilines is 1. The van der Waals surface area contributed by atoms with E-state index >= 15 is 0 Å². The molecule has 0 saturated heterocycles. The van der Waals surface area contributed by atoms with Crippen LogP contribution in [0.25, 0.3) is 17.4 Å². The lowest BCUT2D eigenvalue weighted by Gasteiger charge is -2.11. The maximum absolute atomic E-state index is 12.8. The number of aromatic carboxylic acids is 1. The summed E-state index contributed by atoms with van der Waals surface area (Å²) in [6.07, 6.45) is 1.65. The van der Waals surface area contributed by atoms with Crippen LogP contribution >= 0.6 is 0 Å². The molecule has 4 rings (SSSR count). The summed E-state index contributed by atoms with van der Waals surface area (Å²) >= 11 is 0. The maximum atomic E-state index is 12.8. The minimum Gasteiger partial charge on any atom is -0.478 e. The maximum Gasteiger partial charge on any atom is 0.335 e. The Hall–Kier alpha value is -3.93. The highest BCUT2D eigenvalue weighted by atomic mass is 16.4. The third-order valence-electron chi connectivity index (χ3n) is 4.65. The molecule has 1 aliphatic heterocycles. The Morgan fingerprint density at radius 3 is 2.55 bits per heavy atom. The van der Waals surface area contributed by atoms with E-state index in [9.17, 15) is 9.59 Å². The number of carbonyl (C=O) groups excluding carboxylic acids is 1. The second kappa shape index (κ2) is 7.24. The summed E-state index contributed by atoms with van der Waals surface area (Å²) in [6.45, 7) is 3.76. The number of carboxylic acids is 1. The molecule has 0 saturated carbocycles. The van der Waals surface area contributed by atoms with Crippen LogP contribution in [0.2, 0.25) is 0 Å². The van der Waals surface area contributed by atoms with E-state index in [1.54, 1.807) is 43.3 Å². The molecule has 0 radical (unpaired) electrons. The van der Waals surface area contributed by atoms with Crippen LogP contribution in [0, 0.1) is 6.92 Å². The summed E-state index contributed by atoms with van der Waals surface area (Å²) in [7, 11) is 0. The predicted octanol–water partition coefficient (Wildman–Crippen LogP) is 4.76. The third kappa shape index (κ3) is 3.60. The molecule has 1 amide bonds. The predicted molar refractivity (Wildman–Crippen MR) is 111 cm³/mol. The van der Waals surface area contributed by atoms with Crippen LogP contribution < -0.4 is 5.01 Å². The van der Waals surface area contributed by atoms with Crippen molar-refractivity contribution in [3.63, 3.8) is 0 Å². The SMILES string of the molecule is CC1=NN(c2ccc(C)cc2)C(=O)/C1=C\c1ccc(-c2cccc(C(=O)O)c2)o1. The molecule has 144 valence electrons. The number of aryl methyl sites for hydroxylation is 1. The number of benzene rings is 2. The molecule has 0 fully saturated rings. The first-order valence-electron chi connectivity index (χ1n) is 9.04. The highest BCUT2D eigenvalue weighted by Gasteiger charge is 2.29. The Labute approximate surface area is 167 Å². The van der Waals surface area contributed by atoms with Crippen LogP contribution in [0.15, 0.2) is 75.8 Å². The van der Waals surface area contributed by atoms with Crippen molar-refractivity contribution in [2.75, 3.05) is 5.01 Å². The number of amides is 1. The molecule has 6 nitrogen and oxygen atoms in total. The van der Waals surface area contributed by atoms with Gasteiger partial charge in [-0.1, -0.05) is 29.8 Å². The molecule has 0 aliphatic carbocycles. The highest BCUT2D eigenvalue weighted by Crippen LogP contribution is 2.28. The molecule has 6 heteroatoms. The van der Waals surface area contributed by atoms with Gasteiger partial charge in [-0.3, -0.25) is 4.79 Å². The average Bonchev–Trinajstić information content (AvgIpc) is 3.29. The summed E-state index contributed by atoms with van der Waals surface area (Å²) in [5.74, 6) is -0.211. The minimum absolute atomic E-state index is 0.182. The molecule has 0 bridgehead atoms. The summed E-state index contributed by atoms with van der Waals surface area (Å²) in [5.41, 5.74) is 3.69. The molecule has 3 aromatic rings. The van der Waals surface area contributed by atoms with E-state index < -0.39 is 5.97 Å². The second-order valence-corrected chi connectivity index (χ2v) is 6.78. The van der Waals surface area contributed by atoms with Crippen molar-refractivity contribution in [3.8, 4) is 11.3 Å². The van der Waals surface area contributed by atoms with Crippen molar-refractivity contribution in [1.82, 2.24) is 0 Å². The fraction of sp³-hybridized carbons (Fsp3) is 0.0870. The first kappa shape index (κ1) is 18.4. The van der Waals surface area contributed by atoms with Gasteiger partial charge in [0.2, 0.25) is 0 Å². The van der Waals surface area contributed by atoms with Gasteiger partial charge < -0.3 is 9.52 Å². The normalized spacial score (nSPS) is 15.1. The fourth-order valence-electron chi connectivity index (χ4n) is 3.08. The Morgan fingerprint density at radius 2 is 1.83 bits per heavy atom. The van der Waals surface area contributed by atoms with Gasteiger partial charge in [0, 0.05) is 5.56 Å². The van der Waals surface area contributed by atoms with Crippen LogP contribution in [-0.4, -0.2) is 22.7 Å². The van der Waals surface area contributed by atoms with Crippen molar-refractivity contribution in [3.05, 3.63) is 83.1 Å². The smallest absolute Gasteiger partial charge is 0.335 e. The van der Waals surface area contributed by atoms with E-state index in [1.807, 2.05) is 31.2 Å². The van der Waals surface area contributed by atoms with Gasteiger partial charge in [0.25, 0.3) is 5.91 Å². The average molecular weight is 386 g/mol. The summed E-state index contributed by atoms with van der Waals surface area (Å²) in [6, 6.07) is 17.6. The topological polar surface area (TPSA) is 83.1 Å². The van der Waals surface area contributed by atoms with Gasteiger partial charge >= 0.3 is 5.97 Å². The number of hydrazone groups is 1. The van der Waals surface area contributed by atoms with Crippen molar-refractivity contribution in [1.29, 1.82) is 0 Å².